The monoisotopic (exact) mass is 245 g/mol. The highest BCUT2D eigenvalue weighted by Crippen LogP contribution is 2.21. The maximum absolute atomic E-state index is 9.00. The molecule has 0 fully saturated rings. The molecule has 2 rings (SSSR count). The van der Waals surface area contributed by atoms with Crippen LogP contribution in [0.2, 0.25) is 0 Å². The van der Waals surface area contributed by atoms with E-state index in [0.717, 1.165) is 5.56 Å². The van der Waals surface area contributed by atoms with Crippen molar-refractivity contribution in [3.8, 4) is 17.8 Å². The number of ether oxygens (including phenoxy) is 1. The number of rotatable bonds is 3. The van der Waals surface area contributed by atoms with Crippen molar-refractivity contribution in [2.45, 2.75) is 13.5 Å². The molecular weight excluding hydrogens is 234 g/mol. The number of pyridine rings is 1. The Morgan fingerprint density at radius 1 is 1.56 bits per heavy atom. The maximum atomic E-state index is 9.00. The van der Waals surface area contributed by atoms with Gasteiger partial charge in [0.05, 0.1) is 19.9 Å². The van der Waals surface area contributed by atoms with E-state index in [4.69, 9.17) is 15.1 Å². The molecule has 1 N–H and O–H groups in total. The zero-order valence-electron chi connectivity index (χ0n) is 9.95. The van der Waals surface area contributed by atoms with Gasteiger partial charge in [-0.15, -0.1) is 5.10 Å². The largest absolute Gasteiger partial charge is 0.480 e. The first-order valence-corrected chi connectivity index (χ1v) is 5.17. The van der Waals surface area contributed by atoms with Crippen molar-refractivity contribution in [1.29, 1.82) is 5.26 Å². The van der Waals surface area contributed by atoms with Gasteiger partial charge >= 0.3 is 0 Å². The summed E-state index contributed by atoms with van der Waals surface area (Å²) in [6.07, 6.45) is 1.56. The number of aryl methyl sites for hydroxylation is 1. The molecule has 0 aliphatic heterocycles. The first-order chi connectivity index (χ1) is 8.69. The van der Waals surface area contributed by atoms with Crippen molar-refractivity contribution in [1.82, 2.24) is 20.0 Å². The van der Waals surface area contributed by atoms with Gasteiger partial charge in [-0.1, -0.05) is 5.21 Å². The van der Waals surface area contributed by atoms with Gasteiger partial charge in [-0.05, 0) is 18.6 Å². The van der Waals surface area contributed by atoms with Crippen LogP contribution in [0.15, 0.2) is 12.3 Å². The van der Waals surface area contributed by atoms with Crippen LogP contribution in [0.3, 0.4) is 0 Å². The van der Waals surface area contributed by atoms with E-state index in [1.165, 1.54) is 11.8 Å². The lowest BCUT2D eigenvalue weighted by Crippen LogP contribution is -2.03. The molecule has 0 bridgehead atoms. The summed E-state index contributed by atoms with van der Waals surface area (Å²) in [5.74, 6) is 0.726. The van der Waals surface area contributed by atoms with E-state index in [0.29, 0.717) is 17.1 Å². The average molecular weight is 245 g/mol. The molecule has 2 aromatic heterocycles. The number of methoxy groups -OCH3 is 1. The molecule has 92 valence electrons. The Balaban J connectivity index is 2.53. The Morgan fingerprint density at radius 2 is 2.33 bits per heavy atom. The van der Waals surface area contributed by atoms with E-state index in [-0.39, 0.29) is 12.5 Å². The van der Waals surface area contributed by atoms with Crippen LogP contribution in [0.5, 0.6) is 5.88 Å². The lowest BCUT2D eigenvalue weighted by atomic mass is 10.1. The Morgan fingerprint density at radius 3 is 2.89 bits per heavy atom. The number of nitrogens with zero attached hydrogens (tertiary/aromatic N) is 5. The first-order valence-electron chi connectivity index (χ1n) is 5.17. The van der Waals surface area contributed by atoms with Crippen LogP contribution in [0.4, 0.5) is 0 Å². The fourth-order valence-electron chi connectivity index (χ4n) is 1.51. The SMILES string of the molecule is COc1nc(-n2cc(CO)nn2)cc(C)c1C#N. The summed E-state index contributed by atoms with van der Waals surface area (Å²) in [6.45, 7) is 1.60. The number of hydrogen-bond donors (Lipinski definition) is 1. The number of aromatic nitrogens is 4. The second kappa shape index (κ2) is 4.81. The van der Waals surface area contributed by atoms with Gasteiger partial charge in [0.15, 0.2) is 5.82 Å². The standard InChI is InChI=1S/C11H11N5O2/c1-7-3-10(13-11(18-2)9(7)4-12)16-5-8(6-17)14-15-16/h3,5,17H,6H2,1-2H3. The molecular formula is C11H11N5O2. The molecule has 7 nitrogen and oxygen atoms in total. The van der Waals surface area contributed by atoms with Gasteiger partial charge in [0.25, 0.3) is 0 Å². The Bertz CT molecular complexity index is 614. The molecule has 0 aromatic carbocycles. The van der Waals surface area contributed by atoms with Gasteiger partial charge in [0.1, 0.15) is 17.3 Å². The molecule has 0 spiro atoms. The zero-order chi connectivity index (χ0) is 13.1. The summed E-state index contributed by atoms with van der Waals surface area (Å²) in [6, 6.07) is 3.74. The fourth-order valence-corrected chi connectivity index (χ4v) is 1.51. The molecule has 0 saturated heterocycles. The molecule has 7 heteroatoms. The second-order valence-electron chi connectivity index (χ2n) is 3.61. The van der Waals surface area contributed by atoms with Gasteiger partial charge < -0.3 is 9.84 Å². The van der Waals surface area contributed by atoms with Crippen molar-refractivity contribution in [2.24, 2.45) is 0 Å². The molecule has 0 saturated carbocycles. The molecule has 2 aromatic rings. The molecule has 0 amide bonds. The quantitative estimate of drug-likeness (QED) is 0.837. The van der Waals surface area contributed by atoms with Gasteiger partial charge in [0.2, 0.25) is 5.88 Å². The molecule has 2 heterocycles. The summed E-state index contributed by atoms with van der Waals surface area (Å²) in [5, 5.41) is 25.5. The van der Waals surface area contributed by atoms with Crippen LogP contribution < -0.4 is 4.74 Å². The highest BCUT2D eigenvalue weighted by molar-refractivity contribution is 5.48. The lowest BCUT2D eigenvalue weighted by Gasteiger charge is -2.07. The van der Waals surface area contributed by atoms with Crippen LogP contribution >= 0.6 is 0 Å². The smallest absolute Gasteiger partial charge is 0.233 e. The first kappa shape index (κ1) is 12.0. The van der Waals surface area contributed by atoms with E-state index in [1.807, 2.05) is 6.07 Å². The van der Waals surface area contributed by atoms with Gasteiger partial charge in [-0.2, -0.15) is 10.2 Å². The van der Waals surface area contributed by atoms with Crippen molar-refractivity contribution < 1.29 is 9.84 Å². The van der Waals surface area contributed by atoms with Gasteiger partial charge in [-0.25, -0.2) is 4.68 Å². The summed E-state index contributed by atoms with van der Waals surface area (Å²) in [4.78, 5) is 4.17. The predicted octanol–water partition coefficient (Wildman–Crippen LogP) is 0.343. The van der Waals surface area contributed by atoms with E-state index in [2.05, 4.69) is 15.3 Å². The van der Waals surface area contributed by atoms with E-state index in [9.17, 15) is 0 Å². The topological polar surface area (TPSA) is 96.8 Å². The normalized spacial score (nSPS) is 10.1. The summed E-state index contributed by atoms with van der Waals surface area (Å²) < 4.78 is 6.49. The lowest BCUT2D eigenvalue weighted by molar-refractivity contribution is 0.276. The molecule has 0 atom stereocenters. The molecule has 0 aliphatic carbocycles. The van der Waals surface area contributed by atoms with Crippen LogP contribution in [-0.4, -0.2) is 32.2 Å². The Labute approximate surface area is 103 Å². The molecule has 0 radical (unpaired) electrons. The van der Waals surface area contributed by atoms with Crippen molar-refractivity contribution in [3.63, 3.8) is 0 Å². The third kappa shape index (κ3) is 2.01. The minimum absolute atomic E-state index is 0.188. The summed E-state index contributed by atoms with van der Waals surface area (Å²) >= 11 is 0. The highest BCUT2D eigenvalue weighted by atomic mass is 16.5. The summed E-state index contributed by atoms with van der Waals surface area (Å²) in [7, 11) is 1.45. The number of aliphatic hydroxyl groups excluding tert-OH is 1. The Kier molecular flexibility index (Phi) is 3.21. The number of nitriles is 1. The van der Waals surface area contributed by atoms with Crippen molar-refractivity contribution in [2.75, 3.05) is 7.11 Å². The fraction of sp³-hybridized carbons (Fsp3) is 0.273. The zero-order valence-corrected chi connectivity index (χ0v) is 9.95. The second-order valence-corrected chi connectivity index (χ2v) is 3.61. The third-order valence-electron chi connectivity index (χ3n) is 2.41. The third-order valence-corrected chi connectivity index (χ3v) is 2.41. The van der Waals surface area contributed by atoms with E-state index in [1.54, 1.807) is 19.2 Å². The minimum Gasteiger partial charge on any atom is -0.480 e. The number of aliphatic hydroxyl groups is 1. The minimum atomic E-state index is -0.188. The highest BCUT2D eigenvalue weighted by Gasteiger charge is 2.12. The molecule has 18 heavy (non-hydrogen) atoms. The average Bonchev–Trinajstić information content (AvgIpc) is 2.86. The van der Waals surface area contributed by atoms with Crippen LogP contribution in [0.1, 0.15) is 16.8 Å². The van der Waals surface area contributed by atoms with Crippen LogP contribution in [-0.2, 0) is 6.61 Å². The maximum Gasteiger partial charge on any atom is 0.233 e. The Hall–Kier alpha value is -2.46. The van der Waals surface area contributed by atoms with Crippen LogP contribution in [0, 0.1) is 18.3 Å². The van der Waals surface area contributed by atoms with E-state index < -0.39 is 0 Å². The molecule has 0 unspecified atom stereocenters. The van der Waals surface area contributed by atoms with E-state index >= 15 is 0 Å². The van der Waals surface area contributed by atoms with Crippen LogP contribution in [0.25, 0.3) is 5.82 Å². The van der Waals surface area contributed by atoms with Gasteiger partial charge in [-0.3, -0.25) is 0 Å². The van der Waals surface area contributed by atoms with Crippen molar-refractivity contribution >= 4 is 0 Å². The molecule has 0 aliphatic rings. The predicted molar refractivity (Wildman–Crippen MR) is 61.1 cm³/mol. The summed E-state index contributed by atoms with van der Waals surface area (Å²) in [5.41, 5.74) is 1.57. The van der Waals surface area contributed by atoms with Crippen molar-refractivity contribution in [3.05, 3.63) is 29.1 Å². The van der Waals surface area contributed by atoms with Gasteiger partial charge in [0, 0.05) is 0 Å². The number of hydrogen-bond acceptors (Lipinski definition) is 6.